The van der Waals surface area contributed by atoms with Crippen molar-refractivity contribution < 1.29 is 0 Å². The van der Waals surface area contributed by atoms with E-state index in [1.165, 1.54) is 106 Å². The fourth-order valence-electron chi connectivity index (χ4n) is 8.50. The second-order valence-electron chi connectivity index (χ2n) is 13.5. The number of fused-ring (bicyclic) bond motifs is 8. The molecule has 0 aliphatic rings. The van der Waals surface area contributed by atoms with Gasteiger partial charge in [0.15, 0.2) is 0 Å². The maximum atomic E-state index is 2.38. The van der Waals surface area contributed by atoms with E-state index in [0.717, 1.165) is 0 Å². The highest BCUT2D eigenvalue weighted by molar-refractivity contribution is 7.28. The molecular weight excluding hydrogens is 665 g/mol. The summed E-state index contributed by atoms with van der Waals surface area (Å²) in [7, 11) is 0. The van der Waals surface area contributed by atoms with Crippen LogP contribution in [0.15, 0.2) is 182 Å². The third-order valence-electron chi connectivity index (χ3n) is 10.7. The van der Waals surface area contributed by atoms with Crippen LogP contribution in [-0.2, 0) is 0 Å². The van der Waals surface area contributed by atoms with E-state index >= 15 is 0 Å². The smallest absolute Gasteiger partial charge is 0.0449 e. The third kappa shape index (κ3) is 4.38. The molecule has 52 heavy (non-hydrogen) atoms. The average molecular weight is 695 g/mol. The maximum Gasteiger partial charge on any atom is 0.0449 e. The molecule has 9 aromatic carbocycles. The SMILES string of the molecule is c1ccc(-c2sc3ccc4c(sc5cccc(-c6c7ccccc7c(-c7cccc8ccccc78)c7ccccc67)c54)c3c2-c2ccccc2)cc1. The lowest BCUT2D eigenvalue weighted by Gasteiger charge is -2.19. The summed E-state index contributed by atoms with van der Waals surface area (Å²) in [6.45, 7) is 0. The maximum absolute atomic E-state index is 2.38. The number of benzene rings is 9. The minimum absolute atomic E-state index is 1.26. The lowest BCUT2D eigenvalue weighted by atomic mass is 9.84. The van der Waals surface area contributed by atoms with E-state index in [-0.39, 0.29) is 0 Å². The first-order valence-corrected chi connectivity index (χ1v) is 19.4. The standard InChI is InChI=1S/C50H30S2/c1-3-16-32(17-4-1)44-48-43(51-49(44)33-18-5-2-6-19-33)30-29-41-47-40(27-14-28-42(47)52-50(41)48)46-38-24-11-9-22-36(38)45(37-23-10-12-25-39(37)46)35-26-13-20-31-15-7-8-21-34(31)35/h1-30H. The van der Waals surface area contributed by atoms with Crippen LogP contribution in [0.5, 0.6) is 0 Å². The predicted octanol–water partition coefficient (Wildman–Crippen LogP) is 15.4. The summed E-state index contributed by atoms with van der Waals surface area (Å²) in [6, 6.07) is 67.1. The first-order chi connectivity index (χ1) is 25.8. The molecule has 0 spiro atoms. The molecule has 2 heteroatoms. The van der Waals surface area contributed by atoms with Crippen LogP contribution in [0.1, 0.15) is 0 Å². The first-order valence-electron chi connectivity index (χ1n) is 17.8. The molecule has 0 radical (unpaired) electrons. The van der Waals surface area contributed by atoms with Gasteiger partial charge in [0.25, 0.3) is 0 Å². The summed E-state index contributed by atoms with van der Waals surface area (Å²) in [5.74, 6) is 0. The Balaban J connectivity index is 1.26. The first kappa shape index (κ1) is 29.6. The van der Waals surface area contributed by atoms with E-state index in [9.17, 15) is 0 Å². The third-order valence-corrected chi connectivity index (χ3v) is 13.1. The van der Waals surface area contributed by atoms with Crippen molar-refractivity contribution in [1.29, 1.82) is 0 Å². The van der Waals surface area contributed by atoms with Crippen LogP contribution < -0.4 is 0 Å². The largest absolute Gasteiger partial charge is 0.134 e. The van der Waals surface area contributed by atoms with Crippen LogP contribution in [0.4, 0.5) is 0 Å². The van der Waals surface area contributed by atoms with Crippen LogP contribution in [-0.4, -0.2) is 0 Å². The Kier molecular flexibility index (Phi) is 6.70. The van der Waals surface area contributed by atoms with Gasteiger partial charge in [-0.1, -0.05) is 170 Å². The topological polar surface area (TPSA) is 0 Å². The van der Waals surface area contributed by atoms with Gasteiger partial charge < -0.3 is 0 Å². The van der Waals surface area contributed by atoms with Crippen LogP contribution in [0.3, 0.4) is 0 Å². The molecular formula is C50H30S2. The molecule has 0 atom stereocenters. The van der Waals surface area contributed by atoms with Crippen molar-refractivity contribution in [2.75, 3.05) is 0 Å². The number of rotatable bonds is 4. The van der Waals surface area contributed by atoms with Gasteiger partial charge in [-0.2, -0.15) is 0 Å². The van der Waals surface area contributed by atoms with Crippen LogP contribution in [0.2, 0.25) is 0 Å². The molecule has 2 heterocycles. The Labute approximate surface area is 309 Å². The molecule has 11 rings (SSSR count). The van der Waals surface area contributed by atoms with Gasteiger partial charge >= 0.3 is 0 Å². The summed E-state index contributed by atoms with van der Waals surface area (Å²) < 4.78 is 4.00. The Morgan fingerprint density at radius 2 is 0.808 bits per heavy atom. The molecule has 0 aliphatic heterocycles. The van der Waals surface area contributed by atoms with Gasteiger partial charge in [0, 0.05) is 40.7 Å². The van der Waals surface area contributed by atoms with Crippen molar-refractivity contribution in [3.8, 4) is 43.8 Å². The Morgan fingerprint density at radius 3 is 1.50 bits per heavy atom. The summed E-state index contributed by atoms with van der Waals surface area (Å²) in [4.78, 5) is 1.33. The quantitative estimate of drug-likeness (QED) is 0.161. The zero-order valence-electron chi connectivity index (χ0n) is 28.1. The lowest BCUT2D eigenvalue weighted by molar-refractivity contribution is 1.66. The molecule has 0 bridgehead atoms. The predicted molar refractivity (Wildman–Crippen MR) is 229 cm³/mol. The van der Waals surface area contributed by atoms with E-state index in [1.54, 1.807) is 0 Å². The molecule has 0 N–H and O–H groups in total. The van der Waals surface area contributed by atoms with Gasteiger partial charge in [0.1, 0.15) is 0 Å². The van der Waals surface area contributed by atoms with Crippen LogP contribution >= 0.6 is 22.7 Å². The number of hydrogen-bond acceptors (Lipinski definition) is 2. The fourth-order valence-corrected chi connectivity index (χ4v) is 11.1. The van der Waals surface area contributed by atoms with Crippen molar-refractivity contribution in [1.82, 2.24) is 0 Å². The minimum atomic E-state index is 1.26. The Bertz CT molecular complexity index is 3100. The van der Waals surface area contributed by atoms with Crippen molar-refractivity contribution in [2.24, 2.45) is 0 Å². The summed E-state index contributed by atoms with van der Waals surface area (Å²) in [6.07, 6.45) is 0. The van der Waals surface area contributed by atoms with Gasteiger partial charge in [-0.3, -0.25) is 0 Å². The van der Waals surface area contributed by atoms with Gasteiger partial charge in [-0.25, -0.2) is 0 Å². The van der Waals surface area contributed by atoms with Crippen LogP contribution in [0.25, 0.3) is 106 Å². The minimum Gasteiger partial charge on any atom is -0.134 e. The van der Waals surface area contributed by atoms with Gasteiger partial charge in [-0.05, 0) is 77.8 Å². The normalized spacial score (nSPS) is 11.8. The summed E-state index contributed by atoms with van der Waals surface area (Å²) in [5, 5.41) is 11.7. The zero-order valence-corrected chi connectivity index (χ0v) is 29.8. The fraction of sp³-hybridized carbons (Fsp3) is 0. The van der Waals surface area contributed by atoms with Gasteiger partial charge in [0.05, 0.1) is 0 Å². The Morgan fingerprint density at radius 1 is 0.288 bits per heavy atom. The average Bonchev–Trinajstić information content (AvgIpc) is 3.80. The lowest BCUT2D eigenvalue weighted by Crippen LogP contribution is -1.92. The van der Waals surface area contributed by atoms with Gasteiger partial charge in [-0.15, -0.1) is 22.7 Å². The molecule has 0 unspecified atom stereocenters. The van der Waals surface area contributed by atoms with Crippen molar-refractivity contribution >= 4 is 85.2 Å². The second kappa shape index (κ2) is 11.7. The van der Waals surface area contributed by atoms with E-state index in [1.807, 2.05) is 22.7 Å². The Hall–Kier alpha value is -6.06. The highest BCUT2D eigenvalue weighted by Gasteiger charge is 2.23. The van der Waals surface area contributed by atoms with E-state index < -0.39 is 0 Å². The molecule has 0 saturated carbocycles. The molecule has 2 aromatic heterocycles. The van der Waals surface area contributed by atoms with Crippen molar-refractivity contribution in [2.45, 2.75) is 0 Å². The van der Waals surface area contributed by atoms with Crippen molar-refractivity contribution in [3.05, 3.63) is 182 Å². The van der Waals surface area contributed by atoms with Crippen molar-refractivity contribution in [3.63, 3.8) is 0 Å². The van der Waals surface area contributed by atoms with E-state index in [2.05, 4.69) is 182 Å². The van der Waals surface area contributed by atoms with E-state index in [4.69, 9.17) is 0 Å². The molecule has 0 nitrogen and oxygen atoms in total. The summed E-state index contributed by atoms with van der Waals surface area (Å²) in [5.41, 5.74) is 9.04. The highest BCUT2D eigenvalue weighted by Crippen LogP contribution is 2.53. The zero-order chi connectivity index (χ0) is 34.2. The molecule has 0 amide bonds. The second-order valence-corrected chi connectivity index (χ2v) is 15.6. The molecule has 0 aliphatic carbocycles. The molecule has 0 saturated heterocycles. The van der Waals surface area contributed by atoms with Crippen LogP contribution in [0, 0.1) is 0 Å². The molecule has 11 aromatic rings. The van der Waals surface area contributed by atoms with E-state index in [0.29, 0.717) is 0 Å². The summed E-state index contributed by atoms with van der Waals surface area (Å²) >= 11 is 3.84. The molecule has 242 valence electrons. The number of thiophene rings is 2. The number of hydrogen-bond donors (Lipinski definition) is 0. The van der Waals surface area contributed by atoms with Gasteiger partial charge in [0.2, 0.25) is 0 Å². The molecule has 0 fully saturated rings. The highest BCUT2D eigenvalue weighted by atomic mass is 32.1. The monoisotopic (exact) mass is 694 g/mol.